The Morgan fingerprint density at radius 2 is 2.00 bits per heavy atom. The van der Waals surface area contributed by atoms with Crippen molar-refractivity contribution >= 4 is 5.97 Å². The second-order valence-electron chi connectivity index (χ2n) is 3.57. The summed E-state index contributed by atoms with van der Waals surface area (Å²) in [6.45, 7) is 0. The van der Waals surface area contributed by atoms with E-state index in [1.165, 1.54) is 0 Å². The van der Waals surface area contributed by atoms with E-state index in [4.69, 9.17) is 9.52 Å². The molecule has 0 saturated carbocycles. The molecule has 0 aliphatic heterocycles. The van der Waals surface area contributed by atoms with Gasteiger partial charge in [0.2, 0.25) is 0 Å². The van der Waals surface area contributed by atoms with Crippen molar-refractivity contribution in [1.29, 1.82) is 0 Å². The molecule has 18 heavy (non-hydrogen) atoms. The van der Waals surface area contributed by atoms with Gasteiger partial charge in [-0.05, 0) is 24.3 Å². The Morgan fingerprint density at radius 3 is 2.67 bits per heavy atom. The first-order valence-electron chi connectivity index (χ1n) is 4.94. The zero-order chi connectivity index (χ0) is 13.3. The van der Waals surface area contributed by atoms with Crippen LogP contribution in [0.15, 0.2) is 34.9 Å². The van der Waals surface area contributed by atoms with Crippen LogP contribution in [0.3, 0.4) is 0 Å². The Hall–Kier alpha value is -2.21. The molecule has 1 aromatic heterocycles. The molecule has 2 rings (SSSR count). The van der Waals surface area contributed by atoms with E-state index in [9.17, 15) is 18.7 Å². The molecule has 1 heterocycles. The fourth-order valence-electron chi connectivity index (χ4n) is 1.57. The highest BCUT2D eigenvalue weighted by Gasteiger charge is 2.24. The lowest BCUT2D eigenvalue weighted by molar-refractivity contribution is 0.0687. The lowest BCUT2D eigenvalue weighted by Crippen LogP contribution is -2.07. The number of furan rings is 1. The molecule has 2 aromatic rings. The number of aliphatic hydroxyl groups is 1. The van der Waals surface area contributed by atoms with Crippen LogP contribution in [0.5, 0.6) is 0 Å². The van der Waals surface area contributed by atoms with Gasteiger partial charge in [0.25, 0.3) is 0 Å². The van der Waals surface area contributed by atoms with Gasteiger partial charge in [-0.2, -0.15) is 0 Å². The van der Waals surface area contributed by atoms with Gasteiger partial charge < -0.3 is 14.6 Å². The molecule has 1 aromatic carbocycles. The number of benzene rings is 1. The number of carbonyl (C=O) groups is 1. The van der Waals surface area contributed by atoms with Crippen molar-refractivity contribution in [3.8, 4) is 0 Å². The highest BCUT2D eigenvalue weighted by Crippen LogP contribution is 2.28. The summed E-state index contributed by atoms with van der Waals surface area (Å²) >= 11 is 0. The van der Waals surface area contributed by atoms with Gasteiger partial charge in [0, 0.05) is 5.56 Å². The molecule has 0 amide bonds. The van der Waals surface area contributed by atoms with Crippen LogP contribution in [0.4, 0.5) is 8.78 Å². The average molecular weight is 254 g/mol. The predicted octanol–water partition coefficient (Wildman–Crippen LogP) is 2.34. The van der Waals surface area contributed by atoms with E-state index in [0.29, 0.717) is 0 Å². The van der Waals surface area contributed by atoms with E-state index < -0.39 is 23.7 Å². The number of carboxylic acids is 1. The summed E-state index contributed by atoms with van der Waals surface area (Å²) in [6.07, 6.45) is -0.624. The summed E-state index contributed by atoms with van der Waals surface area (Å²) in [5.41, 5.74) is -0.682. The molecule has 6 heteroatoms. The van der Waals surface area contributed by atoms with Crippen molar-refractivity contribution in [3.63, 3.8) is 0 Å². The van der Waals surface area contributed by atoms with Crippen LogP contribution in [0.2, 0.25) is 0 Å². The Balaban J connectivity index is 2.47. The molecule has 2 N–H and O–H groups in total. The molecule has 4 nitrogen and oxygen atoms in total. The standard InChI is InChI=1S/C12H8F2O4/c13-6-1-2-9(14)8(5-6)10(15)11-7(12(16)17)3-4-18-11/h1-5,10,15H,(H,16,17). The van der Waals surface area contributed by atoms with E-state index in [2.05, 4.69) is 0 Å². The summed E-state index contributed by atoms with van der Waals surface area (Å²) in [5, 5.41) is 18.7. The minimum absolute atomic E-state index is 0.300. The van der Waals surface area contributed by atoms with Gasteiger partial charge in [-0.3, -0.25) is 0 Å². The van der Waals surface area contributed by atoms with Gasteiger partial charge in [0.15, 0.2) is 5.76 Å². The Labute approximate surface area is 100 Å². The van der Waals surface area contributed by atoms with Gasteiger partial charge in [-0.1, -0.05) is 0 Å². The largest absolute Gasteiger partial charge is 0.478 e. The van der Waals surface area contributed by atoms with Crippen LogP contribution >= 0.6 is 0 Å². The number of halogens is 2. The van der Waals surface area contributed by atoms with Crippen LogP contribution < -0.4 is 0 Å². The first-order chi connectivity index (χ1) is 8.50. The van der Waals surface area contributed by atoms with Crippen LogP contribution in [0, 0.1) is 11.6 Å². The summed E-state index contributed by atoms with van der Waals surface area (Å²) in [4.78, 5) is 10.8. The van der Waals surface area contributed by atoms with Crippen molar-refractivity contribution in [2.45, 2.75) is 6.10 Å². The van der Waals surface area contributed by atoms with E-state index >= 15 is 0 Å². The molecule has 0 fully saturated rings. The first kappa shape index (κ1) is 12.3. The highest BCUT2D eigenvalue weighted by molar-refractivity contribution is 5.88. The monoisotopic (exact) mass is 254 g/mol. The number of aromatic carboxylic acids is 1. The van der Waals surface area contributed by atoms with Crippen molar-refractivity contribution in [2.24, 2.45) is 0 Å². The van der Waals surface area contributed by atoms with Gasteiger partial charge in [-0.15, -0.1) is 0 Å². The average Bonchev–Trinajstić information content (AvgIpc) is 2.80. The SMILES string of the molecule is O=C(O)c1ccoc1C(O)c1cc(F)ccc1F. The smallest absolute Gasteiger partial charge is 0.339 e. The lowest BCUT2D eigenvalue weighted by atomic mass is 10.0. The zero-order valence-electron chi connectivity index (χ0n) is 8.93. The van der Waals surface area contributed by atoms with Gasteiger partial charge in [0.1, 0.15) is 23.3 Å². The molecule has 0 spiro atoms. The Morgan fingerprint density at radius 1 is 1.28 bits per heavy atom. The predicted molar refractivity (Wildman–Crippen MR) is 56.1 cm³/mol. The summed E-state index contributed by atoms with van der Waals surface area (Å²) < 4.78 is 31.2. The molecular formula is C12H8F2O4. The highest BCUT2D eigenvalue weighted by atomic mass is 19.1. The Kier molecular flexibility index (Phi) is 3.12. The van der Waals surface area contributed by atoms with E-state index in [1.807, 2.05) is 0 Å². The number of carboxylic acid groups (broad SMARTS) is 1. The molecule has 0 radical (unpaired) electrons. The molecule has 94 valence electrons. The normalized spacial score (nSPS) is 12.4. The third-order valence-electron chi connectivity index (χ3n) is 2.43. The lowest BCUT2D eigenvalue weighted by Gasteiger charge is -2.10. The number of rotatable bonds is 3. The molecule has 0 bridgehead atoms. The molecule has 0 aliphatic rings. The fraction of sp³-hybridized carbons (Fsp3) is 0.0833. The maximum Gasteiger partial charge on any atom is 0.339 e. The van der Waals surface area contributed by atoms with E-state index in [1.54, 1.807) is 0 Å². The summed E-state index contributed by atoms with van der Waals surface area (Å²) in [5.74, 6) is -3.26. The van der Waals surface area contributed by atoms with Crippen molar-refractivity contribution in [2.75, 3.05) is 0 Å². The van der Waals surface area contributed by atoms with Crippen molar-refractivity contribution in [3.05, 3.63) is 59.1 Å². The maximum atomic E-state index is 13.4. The van der Waals surface area contributed by atoms with Gasteiger partial charge in [0.05, 0.1) is 6.26 Å². The molecule has 0 aliphatic carbocycles. The third kappa shape index (κ3) is 2.10. The Bertz CT molecular complexity index is 592. The van der Waals surface area contributed by atoms with Crippen LogP contribution in [0.25, 0.3) is 0 Å². The van der Waals surface area contributed by atoms with Gasteiger partial charge in [-0.25, -0.2) is 13.6 Å². The topological polar surface area (TPSA) is 70.7 Å². The molecule has 1 unspecified atom stereocenters. The second kappa shape index (κ2) is 4.58. The van der Waals surface area contributed by atoms with Crippen LogP contribution in [-0.4, -0.2) is 16.2 Å². The zero-order valence-corrected chi connectivity index (χ0v) is 8.93. The minimum Gasteiger partial charge on any atom is -0.478 e. The molecule has 0 saturated heterocycles. The fourth-order valence-corrected chi connectivity index (χ4v) is 1.57. The number of hydrogen-bond acceptors (Lipinski definition) is 3. The van der Waals surface area contributed by atoms with Gasteiger partial charge >= 0.3 is 5.97 Å². The summed E-state index contributed by atoms with van der Waals surface area (Å²) in [6, 6.07) is 3.65. The minimum atomic E-state index is -1.68. The second-order valence-corrected chi connectivity index (χ2v) is 3.57. The van der Waals surface area contributed by atoms with Crippen molar-refractivity contribution < 1.29 is 28.2 Å². The first-order valence-corrected chi connectivity index (χ1v) is 4.94. The van der Waals surface area contributed by atoms with E-state index in [-0.39, 0.29) is 16.9 Å². The summed E-state index contributed by atoms with van der Waals surface area (Å²) in [7, 11) is 0. The molecular weight excluding hydrogens is 246 g/mol. The van der Waals surface area contributed by atoms with Crippen LogP contribution in [0.1, 0.15) is 27.8 Å². The van der Waals surface area contributed by atoms with E-state index in [0.717, 1.165) is 30.5 Å². The maximum absolute atomic E-state index is 13.4. The number of aliphatic hydroxyl groups excluding tert-OH is 1. The van der Waals surface area contributed by atoms with Crippen LogP contribution in [-0.2, 0) is 0 Å². The quantitative estimate of drug-likeness (QED) is 0.881. The van der Waals surface area contributed by atoms with Crippen molar-refractivity contribution in [1.82, 2.24) is 0 Å². The third-order valence-corrected chi connectivity index (χ3v) is 2.43. The molecule has 1 atom stereocenters. The number of hydrogen-bond donors (Lipinski definition) is 2.